The molecule has 2 aromatic rings. The summed E-state index contributed by atoms with van der Waals surface area (Å²) in [6.45, 7) is 0.407. The second-order valence-corrected chi connectivity index (χ2v) is 3.94. The molecule has 0 saturated carbocycles. The molecule has 2 N–H and O–H groups in total. The zero-order valence-electron chi connectivity index (χ0n) is 10.2. The Kier molecular flexibility index (Phi) is 4.49. The summed E-state index contributed by atoms with van der Waals surface area (Å²) in [5, 5.41) is 9.02. The molecule has 0 fully saturated rings. The Labute approximate surface area is 109 Å². The van der Waals surface area contributed by atoms with E-state index in [2.05, 4.69) is 15.5 Å². The topological polar surface area (TPSA) is 67.0 Å². The number of rotatable bonds is 6. The average molecular weight is 263 g/mol. The van der Waals surface area contributed by atoms with Crippen molar-refractivity contribution in [1.82, 2.24) is 10.2 Å². The largest absolute Gasteiger partial charge is 0.494 e. The van der Waals surface area contributed by atoms with Crippen LogP contribution in [0, 0.1) is 5.82 Å². The molecule has 2 rings (SSSR count). The second kappa shape index (κ2) is 6.53. The highest BCUT2D eigenvalue weighted by Gasteiger charge is 2.03. The highest BCUT2D eigenvalue weighted by atomic mass is 19.1. The van der Waals surface area contributed by atoms with E-state index >= 15 is 0 Å². The molecule has 100 valence electrons. The molecule has 0 radical (unpaired) electrons. The van der Waals surface area contributed by atoms with Crippen LogP contribution >= 0.6 is 0 Å². The van der Waals surface area contributed by atoms with Crippen LogP contribution in [-0.2, 0) is 4.79 Å². The maximum absolute atomic E-state index is 12.6. The molecule has 1 amide bonds. The summed E-state index contributed by atoms with van der Waals surface area (Å²) in [6, 6.07) is 5.78. The molecule has 0 atom stereocenters. The molecule has 1 aromatic carbocycles. The predicted molar refractivity (Wildman–Crippen MR) is 68.3 cm³/mol. The van der Waals surface area contributed by atoms with Crippen LogP contribution in [0.15, 0.2) is 36.7 Å². The lowest BCUT2D eigenvalue weighted by atomic mass is 10.3. The van der Waals surface area contributed by atoms with E-state index in [-0.39, 0.29) is 11.7 Å². The maximum Gasteiger partial charge on any atom is 0.224 e. The van der Waals surface area contributed by atoms with Crippen LogP contribution in [-0.4, -0.2) is 22.7 Å². The SMILES string of the molecule is O=C(CCCOc1ccc(F)cc1)Nc1cn[nH]c1. The van der Waals surface area contributed by atoms with Crippen LogP contribution in [0.25, 0.3) is 0 Å². The van der Waals surface area contributed by atoms with Crippen molar-refractivity contribution in [3.8, 4) is 5.75 Å². The van der Waals surface area contributed by atoms with Crippen LogP contribution in [0.2, 0.25) is 0 Å². The Morgan fingerprint density at radius 3 is 2.84 bits per heavy atom. The van der Waals surface area contributed by atoms with E-state index < -0.39 is 0 Å². The van der Waals surface area contributed by atoms with Gasteiger partial charge in [0.25, 0.3) is 0 Å². The van der Waals surface area contributed by atoms with Gasteiger partial charge in [-0.2, -0.15) is 5.10 Å². The van der Waals surface area contributed by atoms with Crippen LogP contribution in [0.1, 0.15) is 12.8 Å². The van der Waals surface area contributed by atoms with E-state index in [0.29, 0.717) is 30.9 Å². The van der Waals surface area contributed by atoms with Crippen molar-refractivity contribution in [2.75, 3.05) is 11.9 Å². The fourth-order valence-corrected chi connectivity index (χ4v) is 1.50. The summed E-state index contributed by atoms with van der Waals surface area (Å²) < 4.78 is 18.0. The lowest BCUT2D eigenvalue weighted by Crippen LogP contribution is -2.12. The zero-order valence-corrected chi connectivity index (χ0v) is 10.2. The Bertz CT molecular complexity index is 511. The van der Waals surface area contributed by atoms with E-state index in [4.69, 9.17) is 4.74 Å². The summed E-state index contributed by atoms with van der Waals surface area (Å²) in [5.41, 5.74) is 0.643. The number of hydrogen-bond acceptors (Lipinski definition) is 3. The number of carbonyl (C=O) groups is 1. The van der Waals surface area contributed by atoms with E-state index in [1.54, 1.807) is 18.3 Å². The molecular weight excluding hydrogens is 249 g/mol. The number of hydrogen-bond donors (Lipinski definition) is 2. The maximum atomic E-state index is 12.6. The minimum Gasteiger partial charge on any atom is -0.494 e. The standard InChI is InChI=1S/C13H14FN3O2/c14-10-3-5-12(6-4-10)19-7-1-2-13(18)17-11-8-15-16-9-11/h3-6,8-9H,1-2,7H2,(H,15,16)(H,17,18). The van der Waals surface area contributed by atoms with E-state index in [9.17, 15) is 9.18 Å². The van der Waals surface area contributed by atoms with Crippen LogP contribution < -0.4 is 10.1 Å². The van der Waals surface area contributed by atoms with E-state index in [1.807, 2.05) is 0 Å². The van der Waals surface area contributed by atoms with Crippen molar-refractivity contribution in [3.05, 3.63) is 42.5 Å². The first-order chi connectivity index (χ1) is 9.24. The fourth-order valence-electron chi connectivity index (χ4n) is 1.50. The molecule has 0 spiro atoms. The first-order valence-electron chi connectivity index (χ1n) is 5.91. The number of aromatic amines is 1. The van der Waals surface area contributed by atoms with Crippen LogP contribution in [0.4, 0.5) is 10.1 Å². The third-order valence-corrected chi connectivity index (χ3v) is 2.41. The first-order valence-corrected chi connectivity index (χ1v) is 5.91. The highest BCUT2D eigenvalue weighted by Crippen LogP contribution is 2.11. The molecule has 6 heteroatoms. The zero-order chi connectivity index (χ0) is 13.5. The third-order valence-electron chi connectivity index (χ3n) is 2.41. The lowest BCUT2D eigenvalue weighted by molar-refractivity contribution is -0.116. The van der Waals surface area contributed by atoms with E-state index in [0.717, 1.165) is 0 Å². The van der Waals surface area contributed by atoms with Gasteiger partial charge in [0.05, 0.1) is 18.5 Å². The molecule has 1 heterocycles. The fraction of sp³-hybridized carbons (Fsp3) is 0.231. The smallest absolute Gasteiger partial charge is 0.224 e. The van der Waals surface area contributed by atoms with Crippen LogP contribution in [0.3, 0.4) is 0 Å². The number of carbonyl (C=O) groups excluding carboxylic acids is 1. The summed E-state index contributed by atoms with van der Waals surface area (Å²) in [5.74, 6) is 0.201. The summed E-state index contributed by atoms with van der Waals surface area (Å²) in [7, 11) is 0. The third kappa shape index (κ3) is 4.42. The molecule has 0 aliphatic heterocycles. The molecule has 0 aliphatic rings. The Hall–Kier alpha value is -2.37. The molecule has 0 aliphatic carbocycles. The quantitative estimate of drug-likeness (QED) is 0.786. The normalized spacial score (nSPS) is 10.2. The van der Waals surface area contributed by atoms with Crippen molar-refractivity contribution < 1.29 is 13.9 Å². The number of nitrogens with one attached hydrogen (secondary N) is 2. The van der Waals surface area contributed by atoms with Crippen molar-refractivity contribution >= 4 is 11.6 Å². The predicted octanol–water partition coefficient (Wildman–Crippen LogP) is 2.35. The number of anilines is 1. The molecule has 5 nitrogen and oxygen atoms in total. The van der Waals surface area contributed by atoms with Gasteiger partial charge in [-0.25, -0.2) is 4.39 Å². The van der Waals surface area contributed by atoms with Gasteiger partial charge < -0.3 is 10.1 Å². The summed E-state index contributed by atoms with van der Waals surface area (Å²) >= 11 is 0. The minimum absolute atomic E-state index is 0.0934. The Morgan fingerprint density at radius 1 is 1.37 bits per heavy atom. The number of halogens is 1. The number of aromatic nitrogens is 2. The molecular formula is C13H14FN3O2. The summed E-state index contributed by atoms with van der Waals surface area (Å²) in [4.78, 5) is 11.5. The lowest BCUT2D eigenvalue weighted by Gasteiger charge is -2.06. The highest BCUT2D eigenvalue weighted by molar-refractivity contribution is 5.90. The molecule has 0 saturated heterocycles. The van der Waals surface area contributed by atoms with Gasteiger partial charge in [-0.05, 0) is 30.7 Å². The van der Waals surface area contributed by atoms with Gasteiger partial charge in [0.15, 0.2) is 0 Å². The van der Waals surface area contributed by atoms with Gasteiger partial charge in [-0.1, -0.05) is 0 Å². The van der Waals surface area contributed by atoms with E-state index in [1.165, 1.54) is 18.3 Å². The second-order valence-electron chi connectivity index (χ2n) is 3.94. The number of amides is 1. The number of ether oxygens (including phenoxy) is 1. The Balaban J connectivity index is 1.64. The van der Waals surface area contributed by atoms with Crippen molar-refractivity contribution in [2.24, 2.45) is 0 Å². The van der Waals surface area contributed by atoms with Crippen molar-refractivity contribution in [2.45, 2.75) is 12.8 Å². The summed E-state index contributed by atoms with van der Waals surface area (Å²) in [6.07, 6.45) is 4.08. The molecule has 0 bridgehead atoms. The van der Waals surface area contributed by atoms with Gasteiger partial charge >= 0.3 is 0 Å². The van der Waals surface area contributed by atoms with Crippen molar-refractivity contribution in [3.63, 3.8) is 0 Å². The molecule has 19 heavy (non-hydrogen) atoms. The van der Waals surface area contributed by atoms with Gasteiger partial charge in [-0.3, -0.25) is 9.89 Å². The van der Waals surface area contributed by atoms with Crippen molar-refractivity contribution in [1.29, 1.82) is 0 Å². The number of nitrogens with zero attached hydrogens (tertiary/aromatic N) is 1. The van der Waals surface area contributed by atoms with Crippen LogP contribution in [0.5, 0.6) is 5.75 Å². The molecule has 1 aromatic heterocycles. The average Bonchev–Trinajstić information content (AvgIpc) is 2.89. The van der Waals surface area contributed by atoms with Gasteiger partial charge in [0.1, 0.15) is 11.6 Å². The number of H-pyrrole nitrogens is 1. The van der Waals surface area contributed by atoms with Gasteiger partial charge in [-0.15, -0.1) is 0 Å². The Morgan fingerprint density at radius 2 is 2.16 bits per heavy atom. The van der Waals surface area contributed by atoms with Gasteiger partial charge in [0, 0.05) is 12.6 Å². The van der Waals surface area contributed by atoms with Gasteiger partial charge in [0.2, 0.25) is 5.91 Å². The molecule has 0 unspecified atom stereocenters. The number of benzene rings is 1. The monoisotopic (exact) mass is 263 g/mol. The minimum atomic E-state index is -0.299. The first kappa shape index (κ1) is 13.1.